The quantitative estimate of drug-likeness (QED) is 0.476. The SMILES string of the molecule is CCC(C)N=C(N)NC(C)C. The highest BCUT2D eigenvalue weighted by molar-refractivity contribution is 5.78. The van der Waals surface area contributed by atoms with Gasteiger partial charge >= 0.3 is 0 Å². The number of nitrogens with one attached hydrogen (secondary N) is 1. The summed E-state index contributed by atoms with van der Waals surface area (Å²) in [5, 5.41) is 3.04. The second-order valence-electron chi connectivity index (χ2n) is 3.07. The van der Waals surface area contributed by atoms with E-state index in [4.69, 9.17) is 5.73 Å². The summed E-state index contributed by atoms with van der Waals surface area (Å²) in [6, 6.07) is 0.684. The zero-order valence-electron chi connectivity index (χ0n) is 7.89. The Kier molecular flexibility index (Phi) is 4.66. The molecule has 3 N–H and O–H groups in total. The predicted molar refractivity (Wildman–Crippen MR) is 49.6 cm³/mol. The summed E-state index contributed by atoms with van der Waals surface area (Å²) in [7, 11) is 0. The average molecular weight is 157 g/mol. The summed E-state index contributed by atoms with van der Waals surface area (Å²) in [5.41, 5.74) is 5.59. The number of guanidine groups is 1. The molecule has 0 aliphatic rings. The highest BCUT2D eigenvalue weighted by atomic mass is 15.1. The van der Waals surface area contributed by atoms with Crippen LogP contribution in [0.3, 0.4) is 0 Å². The zero-order chi connectivity index (χ0) is 8.85. The van der Waals surface area contributed by atoms with Gasteiger partial charge in [-0.1, -0.05) is 6.92 Å². The molecule has 11 heavy (non-hydrogen) atoms. The molecule has 0 fully saturated rings. The highest BCUT2D eigenvalue weighted by Gasteiger charge is 1.97. The lowest BCUT2D eigenvalue weighted by Crippen LogP contribution is -2.37. The van der Waals surface area contributed by atoms with E-state index in [1.165, 1.54) is 0 Å². The van der Waals surface area contributed by atoms with Gasteiger partial charge in [-0.2, -0.15) is 0 Å². The number of nitrogens with zero attached hydrogens (tertiary/aromatic N) is 1. The monoisotopic (exact) mass is 157 g/mol. The molecule has 0 aromatic rings. The van der Waals surface area contributed by atoms with Crippen molar-refractivity contribution in [1.82, 2.24) is 5.32 Å². The summed E-state index contributed by atoms with van der Waals surface area (Å²) in [5.74, 6) is 0.550. The van der Waals surface area contributed by atoms with Crippen molar-refractivity contribution >= 4 is 5.96 Å². The zero-order valence-corrected chi connectivity index (χ0v) is 7.89. The Hall–Kier alpha value is -0.730. The fraction of sp³-hybridized carbons (Fsp3) is 0.875. The molecule has 0 bridgehead atoms. The molecule has 1 atom stereocenters. The van der Waals surface area contributed by atoms with Gasteiger partial charge in [0.25, 0.3) is 0 Å². The normalized spacial score (nSPS) is 15.2. The van der Waals surface area contributed by atoms with Crippen LogP contribution in [0.1, 0.15) is 34.1 Å². The van der Waals surface area contributed by atoms with Crippen LogP contribution in [0.25, 0.3) is 0 Å². The van der Waals surface area contributed by atoms with Gasteiger partial charge < -0.3 is 11.1 Å². The van der Waals surface area contributed by atoms with E-state index in [-0.39, 0.29) is 0 Å². The van der Waals surface area contributed by atoms with E-state index in [2.05, 4.69) is 24.2 Å². The minimum atomic E-state index is 0.321. The predicted octanol–water partition coefficient (Wildman–Crippen LogP) is 1.10. The van der Waals surface area contributed by atoms with Crippen molar-refractivity contribution in [3.63, 3.8) is 0 Å². The Morgan fingerprint density at radius 1 is 1.45 bits per heavy atom. The van der Waals surface area contributed by atoms with Gasteiger partial charge in [0.05, 0.1) is 6.04 Å². The molecular weight excluding hydrogens is 138 g/mol. The molecule has 0 rings (SSSR count). The van der Waals surface area contributed by atoms with E-state index < -0.39 is 0 Å². The molecule has 0 radical (unpaired) electrons. The lowest BCUT2D eigenvalue weighted by atomic mass is 10.3. The van der Waals surface area contributed by atoms with Crippen LogP contribution in [0.4, 0.5) is 0 Å². The van der Waals surface area contributed by atoms with Crippen LogP contribution in [0.5, 0.6) is 0 Å². The molecule has 1 unspecified atom stereocenters. The first kappa shape index (κ1) is 10.3. The van der Waals surface area contributed by atoms with Crippen molar-refractivity contribution in [3.8, 4) is 0 Å². The van der Waals surface area contributed by atoms with Crippen molar-refractivity contribution in [2.24, 2.45) is 10.7 Å². The van der Waals surface area contributed by atoms with E-state index in [9.17, 15) is 0 Å². The second-order valence-corrected chi connectivity index (χ2v) is 3.07. The van der Waals surface area contributed by atoms with Crippen molar-refractivity contribution in [1.29, 1.82) is 0 Å². The number of hydrogen-bond donors (Lipinski definition) is 2. The van der Waals surface area contributed by atoms with E-state index in [1.807, 2.05) is 13.8 Å². The van der Waals surface area contributed by atoms with Crippen molar-refractivity contribution in [3.05, 3.63) is 0 Å². The van der Waals surface area contributed by atoms with E-state index in [0.717, 1.165) is 6.42 Å². The molecule has 0 amide bonds. The molecule has 0 saturated heterocycles. The third kappa shape index (κ3) is 5.70. The van der Waals surface area contributed by atoms with Gasteiger partial charge in [0, 0.05) is 6.04 Å². The van der Waals surface area contributed by atoms with E-state index >= 15 is 0 Å². The van der Waals surface area contributed by atoms with Crippen LogP contribution in [-0.4, -0.2) is 18.0 Å². The lowest BCUT2D eigenvalue weighted by molar-refractivity contribution is 0.682. The molecule has 0 saturated carbocycles. The molecule has 66 valence electrons. The van der Waals surface area contributed by atoms with Gasteiger partial charge in [-0.15, -0.1) is 0 Å². The molecule has 0 spiro atoms. The molecule has 0 aromatic carbocycles. The summed E-state index contributed by atoms with van der Waals surface area (Å²) < 4.78 is 0. The van der Waals surface area contributed by atoms with Gasteiger partial charge in [0.15, 0.2) is 5.96 Å². The third-order valence-electron chi connectivity index (χ3n) is 1.39. The summed E-state index contributed by atoms with van der Waals surface area (Å²) in [6.45, 7) is 8.23. The van der Waals surface area contributed by atoms with Crippen LogP contribution in [0, 0.1) is 0 Å². The molecule has 0 aromatic heterocycles. The molecule has 0 heterocycles. The Bertz CT molecular complexity index is 129. The molecule has 3 nitrogen and oxygen atoms in total. The fourth-order valence-corrected chi connectivity index (χ4v) is 0.662. The van der Waals surface area contributed by atoms with Crippen LogP contribution in [-0.2, 0) is 0 Å². The van der Waals surface area contributed by atoms with Gasteiger partial charge in [0.1, 0.15) is 0 Å². The first-order valence-electron chi connectivity index (χ1n) is 4.16. The number of aliphatic imine (C=N–C) groups is 1. The maximum absolute atomic E-state index is 5.59. The van der Waals surface area contributed by atoms with Crippen molar-refractivity contribution in [2.45, 2.75) is 46.2 Å². The molecule has 3 heteroatoms. The van der Waals surface area contributed by atoms with E-state index in [1.54, 1.807) is 0 Å². The molecule has 0 aliphatic carbocycles. The summed E-state index contributed by atoms with van der Waals surface area (Å²) in [6.07, 6.45) is 1.03. The standard InChI is InChI=1S/C8H19N3/c1-5-7(4)11-8(9)10-6(2)3/h6-7H,5H2,1-4H3,(H3,9,10,11). The van der Waals surface area contributed by atoms with Crippen molar-refractivity contribution in [2.75, 3.05) is 0 Å². The summed E-state index contributed by atoms with van der Waals surface area (Å²) in [4.78, 5) is 4.22. The average Bonchev–Trinajstić information content (AvgIpc) is 1.85. The fourth-order valence-electron chi connectivity index (χ4n) is 0.662. The Labute approximate surface area is 69.1 Å². The smallest absolute Gasteiger partial charge is 0.189 e. The van der Waals surface area contributed by atoms with Crippen LogP contribution < -0.4 is 11.1 Å². The molecular formula is C8H19N3. The number of nitrogens with two attached hydrogens (primary N) is 1. The van der Waals surface area contributed by atoms with Gasteiger partial charge in [-0.25, -0.2) is 0 Å². The number of rotatable bonds is 3. The van der Waals surface area contributed by atoms with Crippen molar-refractivity contribution < 1.29 is 0 Å². The first-order valence-corrected chi connectivity index (χ1v) is 4.16. The topological polar surface area (TPSA) is 50.4 Å². The first-order chi connectivity index (χ1) is 5.06. The Morgan fingerprint density at radius 3 is 2.36 bits per heavy atom. The van der Waals surface area contributed by atoms with Crippen LogP contribution >= 0.6 is 0 Å². The van der Waals surface area contributed by atoms with Gasteiger partial charge in [-0.3, -0.25) is 4.99 Å². The lowest BCUT2D eigenvalue weighted by Gasteiger charge is -2.10. The number of hydrogen-bond acceptors (Lipinski definition) is 1. The van der Waals surface area contributed by atoms with Gasteiger partial charge in [0.2, 0.25) is 0 Å². The van der Waals surface area contributed by atoms with Gasteiger partial charge in [-0.05, 0) is 27.2 Å². The minimum absolute atomic E-state index is 0.321. The largest absolute Gasteiger partial charge is 0.370 e. The molecule has 0 aliphatic heterocycles. The Balaban J connectivity index is 3.79. The maximum atomic E-state index is 5.59. The highest BCUT2D eigenvalue weighted by Crippen LogP contribution is 1.93. The minimum Gasteiger partial charge on any atom is -0.370 e. The van der Waals surface area contributed by atoms with E-state index in [0.29, 0.717) is 18.0 Å². The third-order valence-corrected chi connectivity index (χ3v) is 1.39. The Morgan fingerprint density at radius 2 is 2.00 bits per heavy atom. The summed E-state index contributed by atoms with van der Waals surface area (Å²) >= 11 is 0. The second kappa shape index (κ2) is 4.99. The van der Waals surface area contributed by atoms with Crippen LogP contribution in [0.2, 0.25) is 0 Å². The maximum Gasteiger partial charge on any atom is 0.189 e. The van der Waals surface area contributed by atoms with Crippen LogP contribution in [0.15, 0.2) is 4.99 Å².